The van der Waals surface area contributed by atoms with Crippen molar-refractivity contribution < 1.29 is 42.9 Å². The first-order valence-electron chi connectivity index (χ1n) is 14.4. The fraction of sp³-hybridized carbons (Fsp3) is 0.833. The zero-order chi connectivity index (χ0) is 30.6. The largest absolute Gasteiger partial charge is 0.458 e. The number of nitrogens with zero attached hydrogens (tertiary/aromatic N) is 1. The summed E-state index contributed by atoms with van der Waals surface area (Å²) < 4.78 is 22.4. The monoisotopic (exact) mass is 567 g/mol. The van der Waals surface area contributed by atoms with E-state index < -0.39 is 64.8 Å². The van der Waals surface area contributed by atoms with E-state index in [4.69, 9.17) is 18.9 Å². The second-order valence-electron chi connectivity index (χ2n) is 12.1. The predicted molar refractivity (Wildman–Crippen MR) is 147 cm³/mol. The van der Waals surface area contributed by atoms with Crippen molar-refractivity contribution in [3.8, 4) is 0 Å². The number of methoxy groups -OCH3 is 1. The van der Waals surface area contributed by atoms with E-state index in [1.54, 1.807) is 48.7 Å². The molecule has 0 spiro atoms. The summed E-state index contributed by atoms with van der Waals surface area (Å²) in [4.78, 5) is 68.5. The number of rotatable bonds is 8. The molecule has 0 radical (unpaired) electrons. The van der Waals surface area contributed by atoms with Gasteiger partial charge in [-0.2, -0.15) is 0 Å². The third kappa shape index (κ3) is 6.59. The van der Waals surface area contributed by atoms with Gasteiger partial charge in [-0.1, -0.05) is 41.5 Å². The quantitative estimate of drug-likeness (QED) is 0.244. The first-order valence-corrected chi connectivity index (χ1v) is 14.4. The number of carbonyl (C=O) groups is 5. The molecule has 2 aliphatic heterocycles. The van der Waals surface area contributed by atoms with Crippen LogP contribution >= 0.6 is 0 Å². The third-order valence-electron chi connectivity index (χ3n) is 9.57. The van der Waals surface area contributed by atoms with Gasteiger partial charge in [0.05, 0.1) is 25.9 Å². The van der Waals surface area contributed by atoms with E-state index in [2.05, 4.69) is 0 Å². The van der Waals surface area contributed by atoms with Gasteiger partial charge >= 0.3 is 12.1 Å². The summed E-state index contributed by atoms with van der Waals surface area (Å²) in [5.74, 6) is -4.69. The molecule has 0 aromatic rings. The fourth-order valence-corrected chi connectivity index (χ4v) is 6.54. The Balaban J connectivity index is 2.61. The molecule has 0 aromatic carbocycles. The van der Waals surface area contributed by atoms with Crippen molar-refractivity contribution >= 4 is 29.4 Å². The maximum atomic E-state index is 14.0. The lowest BCUT2D eigenvalue weighted by molar-refractivity contribution is -0.171. The van der Waals surface area contributed by atoms with E-state index in [0.717, 1.165) is 0 Å². The Morgan fingerprint density at radius 1 is 0.975 bits per heavy atom. The zero-order valence-electron chi connectivity index (χ0n) is 25.9. The number of ether oxygens (including phenoxy) is 4. The predicted octanol–water partition coefficient (Wildman–Crippen LogP) is 3.87. The van der Waals surface area contributed by atoms with Crippen molar-refractivity contribution in [1.29, 1.82) is 0 Å². The minimum absolute atomic E-state index is 0.126. The summed E-state index contributed by atoms with van der Waals surface area (Å²) in [5, 5.41) is 0. The number of carbonyl (C=O) groups excluding carboxylic acids is 5. The van der Waals surface area contributed by atoms with Crippen molar-refractivity contribution in [3.63, 3.8) is 0 Å². The van der Waals surface area contributed by atoms with Gasteiger partial charge in [-0.05, 0) is 39.5 Å². The molecule has 0 aromatic heterocycles. The van der Waals surface area contributed by atoms with Crippen LogP contribution in [0.3, 0.4) is 0 Å². The average Bonchev–Trinajstić information content (AvgIpc) is 3.17. The van der Waals surface area contributed by atoms with Crippen LogP contribution in [0.25, 0.3) is 0 Å². The van der Waals surface area contributed by atoms with Crippen molar-refractivity contribution in [2.75, 3.05) is 33.5 Å². The zero-order valence-corrected chi connectivity index (χ0v) is 25.9. The van der Waals surface area contributed by atoms with Crippen LogP contribution < -0.4 is 0 Å². The number of fused-ring (bicyclic) bond motifs is 1. The minimum atomic E-state index is -1.36. The Morgan fingerprint density at radius 2 is 1.60 bits per heavy atom. The van der Waals surface area contributed by atoms with E-state index in [9.17, 15) is 24.0 Å². The van der Waals surface area contributed by atoms with Crippen molar-refractivity contribution in [2.45, 2.75) is 92.9 Å². The highest BCUT2D eigenvalue weighted by molar-refractivity contribution is 6.00. The van der Waals surface area contributed by atoms with E-state index in [1.165, 1.54) is 18.7 Å². The summed E-state index contributed by atoms with van der Waals surface area (Å²) in [6, 6.07) is -0.771. The Morgan fingerprint density at radius 3 is 2.15 bits per heavy atom. The van der Waals surface area contributed by atoms with Gasteiger partial charge in [0.1, 0.15) is 29.4 Å². The van der Waals surface area contributed by atoms with Crippen molar-refractivity contribution in [1.82, 2.24) is 4.90 Å². The van der Waals surface area contributed by atoms with Crippen LogP contribution in [0.15, 0.2) is 0 Å². The first-order chi connectivity index (χ1) is 18.6. The summed E-state index contributed by atoms with van der Waals surface area (Å²) >= 11 is 0. The van der Waals surface area contributed by atoms with Gasteiger partial charge in [-0.3, -0.25) is 24.1 Å². The summed E-state index contributed by atoms with van der Waals surface area (Å²) in [5.41, 5.74) is -2.35. The highest BCUT2D eigenvalue weighted by Crippen LogP contribution is 2.44. The molecule has 0 N–H and O–H groups in total. The number of esters is 1. The number of amides is 1. The Kier molecular flexibility index (Phi) is 11.5. The number of Topliss-reactive ketones (excluding diaryl/α,β-unsaturated/α-hetero) is 3. The van der Waals surface area contributed by atoms with Crippen LogP contribution in [0, 0.1) is 35.0 Å². The molecule has 2 fully saturated rings. The second-order valence-corrected chi connectivity index (χ2v) is 12.1. The van der Waals surface area contributed by atoms with Gasteiger partial charge in [0.2, 0.25) is 0 Å². The topological polar surface area (TPSA) is 126 Å². The standard InChI is InChI=1S/C30H49NO9/c1-11-23-30(9)26(31(28(36)40-30)12-13-38-15-14-37-10)19(4)24(33)17(2)16-29(8,22(7)32)21(6)18(3)25(34)20(5)27(35)39-23/h17-21,23,26H,11-16H2,1-10H3/t17-,18-,19+,20-,21-,23-,26-,29-,30-/m1/s1. The second kappa shape index (κ2) is 13.6. The molecule has 9 atom stereocenters. The Hall–Kier alpha value is -2.33. The Labute approximate surface area is 238 Å². The molecule has 228 valence electrons. The lowest BCUT2D eigenvalue weighted by Gasteiger charge is -2.42. The molecule has 0 saturated carbocycles. The van der Waals surface area contributed by atoms with Gasteiger partial charge in [-0.25, -0.2) is 4.79 Å². The summed E-state index contributed by atoms with van der Waals surface area (Å²) in [6.07, 6.45) is -0.990. The van der Waals surface area contributed by atoms with Gasteiger partial charge in [0.15, 0.2) is 5.60 Å². The van der Waals surface area contributed by atoms with E-state index in [0.29, 0.717) is 19.6 Å². The number of ketones is 3. The van der Waals surface area contributed by atoms with Crippen molar-refractivity contribution in [3.05, 3.63) is 0 Å². The molecule has 2 heterocycles. The Bertz CT molecular complexity index is 967. The molecule has 10 nitrogen and oxygen atoms in total. The fourth-order valence-electron chi connectivity index (χ4n) is 6.54. The summed E-state index contributed by atoms with van der Waals surface area (Å²) in [7, 11) is 1.56. The van der Waals surface area contributed by atoms with Gasteiger partial charge in [0.25, 0.3) is 0 Å². The maximum Gasteiger partial charge on any atom is 0.411 e. The molecule has 1 amide bonds. The van der Waals surface area contributed by atoms with Crippen LogP contribution in [0.1, 0.15) is 75.2 Å². The molecular weight excluding hydrogens is 518 g/mol. The molecule has 10 heteroatoms. The van der Waals surface area contributed by atoms with E-state index in [1.807, 2.05) is 6.92 Å². The molecule has 40 heavy (non-hydrogen) atoms. The number of hydrogen-bond donors (Lipinski definition) is 0. The highest BCUT2D eigenvalue weighted by Gasteiger charge is 2.60. The maximum absolute atomic E-state index is 14.0. The number of hydrogen-bond acceptors (Lipinski definition) is 9. The normalized spacial score (nSPS) is 38.0. The number of cyclic esters (lactones) is 1. The molecule has 2 aliphatic rings. The molecule has 0 unspecified atom stereocenters. The summed E-state index contributed by atoms with van der Waals surface area (Å²) in [6.45, 7) is 16.5. The molecule has 2 rings (SSSR count). The SMILES string of the molecule is CC[C@H]1OC(=O)[C@H](C)C(=O)[C@H](C)[C@@H](C)[C@](C)(C(C)=O)C[C@@H](C)C(=O)[C@H](C)[C@H]2N(CCOCCOC)C(=O)O[C@]12C. The van der Waals surface area contributed by atoms with Crippen LogP contribution in [0.4, 0.5) is 4.79 Å². The lowest BCUT2D eigenvalue weighted by Crippen LogP contribution is -2.58. The first kappa shape index (κ1) is 33.9. The van der Waals surface area contributed by atoms with Crippen LogP contribution in [0.2, 0.25) is 0 Å². The van der Waals surface area contributed by atoms with Crippen molar-refractivity contribution in [2.24, 2.45) is 35.0 Å². The molecule has 2 saturated heterocycles. The molecule has 0 aliphatic carbocycles. The highest BCUT2D eigenvalue weighted by atomic mass is 16.6. The van der Waals surface area contributed by atoms with Gasteiger partial charge in [0, 0.05) is 36.8 Å². The smallest absolute Gasteiger partial charge is 0.411 e. The molecular formula is C30H49NO9. The van der Waals surface area contributed by atoms with E-state index in [-0.39, 0.29) is 36.9 Å². The molecule has 0 bridgehead atoms. The third-order valence-corrected chi connectivity index (χ3v) is 9.57. The minimum Gasteiger partial charge on any atom is -0.458 e. The van der Waals surface area contributed by atoms with E-state index >= 15 is 0 Å². The average molecular weight is 568 g/mol. The van der Waals surface area contributed by atoms with Crippen LogP contribution in [-0.2, 0) is 38.1 Å². The van der Waals surface area contributed by atoms with Crippen LogP contribution in [-0.4, -0.2) is 85.5 Å². The van der Waals surface area contributed by atoms with Gasteiger partial charge in [-0.15, -0.1) is 0 Å². The lowest BCUT2D eigenvalue weighted by atomic mass is 9.63. The van der Waals surface area contributed by atoms with Crippen LogP contribution in [0.5, 0.6) is 0 Å². The van der Waals surface area contributed by atoms with Gasteiger partial charge < -0.3 is 18.9 Å².